The standard InChI is InChI=1S/C15H13N3O7S2/c1-3-6-17-14(20)11(13(19)16-15(17)26)8-9-7-10(18(21)22)4-5-12(9)25-27(2,23)24/h3-5,7-8H,1,6H2,2H3,(H,16,19,26). The van der Waals surface area contributed by atoms with E-state index in [-0.39, 0.29) is 28.7 Å². The van der Waals surface area contributed by atoms with Gasteiger partial charge in [-0.15, -0.1) is 6.58 Å². The molecule has 1 saturated heterocycles. The Balaban J connectivity index is 2.60. The molecular formula is C15H13N3O7S2. The van der Waals surface area contributed by atoms with Gasteiger partial charge in [0.05, 0.1) is 11.2 Å². The van der Waals surface area contributed by atoms with Crippen molar-refractivity contribution in [2.75, 3.05) is 12.8 Å². The third-order valence-corrected chi connectivity index (χ3v) is 4.05. The second kappa shape index (κ2) is 7.63. The third-order valence-electron chi connectivity index (χ3n) is 3.24. The summed E-state index contributed by atoms with van der Waals surface area (Å²) in [4.78, 5) is 36.0. The molecule has 10 nitrogen and oxygen atoms in total. The van der Waals surface area contributed by atoms with Gasteiger partial charge in [-0.25, -0.2) is 0 Å². The summed E-state index contributed by atoms with van der Waals surface area (Å²) in [5.74, 6) is -1.87. The molecule has 0 aliphatic carbocycles. The van der Waals surface area contributed by atoms with Gasteiger partial charge in [0.25, 0.3) is 17.5 Å². The van der Waals surface area contributed by atoms with Crippen molar-refractivity contribution in [3.63, 3.8) is 0 Å². The maximum atomic E-state index is 12.5. The van der Waals surface area contributed by atoms with Gasteiger partial charge in [-0.1, -0.05) is 6.08 Å². The van der Waals surface area contributed by atoms with Gasteiger partial charge in [0, 0.05) is 24.2 Å². The highest BCUT2D eigenvalue weighted by atomic mass is 32.2. The topological polar surface area (TPSA) is 136 Å². The van der Waals surface area contributed by atoms with Crippen LogP contribution in [0.5, 0.6) is 5.75 Å². The van der Waals surface area contributed by atoms with Crippen molar-refractivity contribution >= 4 is 51.0 Å². The zero-order valence-corrected chi connectivity index (χ0v) is 15.5. The van der Waals surface area contributed by atoms with E-state index in [1.807, 2.05) is 0 Å². The Bertz CT molecular complexity index is 999. The van der Waals surface area contributed by atoms with Crippen LogP contribution in [0.4, 0.5) is 5.69 Å². The van der Waals surface area contributed by atoms with E-state index in [0.29, 0.717) is 0 Å². The number of thiocarbonyl (C=S) groups is 1. The highest BCUT2D eigenvalue weighted by Crippen LogP contribution is 2.28. The van der Waals surface area contributed by atoms with Gasteiger partial charge in [0.2, 0.25) is 0 Å². The van der Waals surface area contributed by atoms with Crippen LogP contribution in [0.1, 0.15) is 5.56 Å². The summed E-state index contributed by atoms with van der Waals surface area (Å²) in [6, 6.07) is 3.08. The lowest BCUT2D eigenvalue weighted by Crippen LogP contribution is -2.53. The van der Waals surface area contributed by atoms with Gasteiger partial charge in [-0.3, -0.25) is 29.9 Å². The summed E-state index contributed by atoms with van der Waals surface area (Å²) in [5.41, 5.74) is -0.923. The SMILES string of the molecule is C=CCN1C(=O)C(=Cc2cc([N+](=O)[O-])ccc2OS(C)(=O)=O)C(=O)NC1=S. The van der Waals surface area contributed by atoms with Crippen LogP contribution in [0.15, 0.2) is 36.4 Å². The Morgan fingerprint density at radius 3 is 2.63 bits per heavy atom. The second-order valence-corrected chi connectivity index (χ2v) is 7.25. The van der Waals surface area contributed by atoms with Gasteiger partial charge in [0.15, 0.2) is 5.11 Å². The molecule has 0 atom stereocenters. The highest BCUT2D eigenvalue weighted by molar-refractivity contribution is 7.86. The van der Waals surface area contributed by atoms with Crippen molar-refractivity contribution in [1.82, 2.24) is 10.2 Å². The lowest BCUT2D eigenvalue weighted by molar-refractivity contribution is -0.384. The fourth-order valence-corrected chi connectivity index (χ4v) is 2.87. The normalized spacial score (nSPS) is 16.3. The monoisotopic (exact) mass is 411 g/mol. The van der Waals surface area contributed by atoms with Gasteiger partial charge in [0.1, 0.15) is 11.3 Å². The first kappa shape index (κ1) is 20.2. The van der Waals surface area contributed by atoms with Crippen LogP contribution < -0.4 is 9.50 Å². The molecule has 0 saturated carbocycles. The Kier molecular flexibility index (Phi) is 5.71. The first-order chi connectivity index (χ1) is 12.5. The van der Waals surface area contributed by atoms with Crippen LogP contribution in [0.25, 0.3) is 6.08 Å². The predicted molar refractivity (Wildman–Crippen MR) is 99.2 cm³/mol. The average Bonchev–Trinajstić information content (AvgIpc) is 2.55. The van der Waals surface area contributed by atoms with E-state index in [4.69, 9.17) is 16.4 Å². The number of hydrogen-bond acceptors (Lipinski definition) is 8. The number of hydrogen-bond donors (Lipinski definition) is 1. The summed E-state index contributed by atoms with van der Waals surface area (Å²) in [6.07, 6.45) is 3.18. The van der Waals surface area contributed by atoms with Gasteiger partial charge < -0.3 is 4.18 Å². The molecule has 1 heterocycles. The third kappa shape index (κ3) is 4.74. The lowest BCUT2D eigenvalue weighted by atomic mass is 10.1. The molecular weight excluding hydrogens is 398 g/mol. The van der Waals surface area contributed by atoms with E-state index < -0.39 is 32.4 Å². The fourth-order valence-electron chi connectivity index (χ4n) is 2.15. The Morgan fingerprint density at radius 2 is 2.07 bits per heavy atom. The molecule has 2 rings (SSSR count). The van der Waals surface area contributed by atoms with Crippen molar-refractivity contribution in [3.05, 3.63) is 52.1 Å². The maximum absolute atomic E-state index is 12.5. The average molecular weight is 411 g/mol. The Labute approximate surface area is 159 Å². The van der Waals surface area contributed by atoms with E-state index in [9.17, 15) is 28.1 Å². The molecule has 0 aromatic heterocycles. The number of benzene rings is 1. The number of rotatable bonds is 6. The molecule has 0 radical (unpaired) electrons. The zero-order valence-electron chi connectivity index (χ0n) is 13.9. The van der Waals surface area contributed by atoms with Gasteiger partial charge in [-0.05, 0) is 24.4 Å². The van der Waals surface area contributed by atoms with E-state index in [1.54, 1.807) is 0 Å². The van der Waals surface area contributed by atoms with Gasteiger partial charge >= 0.3 is 10.1 Å². The molecule has 12 heteroatoms. The minimum absolute atomic E-state index is 0.0247. The van der Waals surface area contributed by atoms with Crippen LogP contribution in [-0.2, 0) is 19.7 Å². The quantitative estimate of drug-likeness (QED) is 0.138. The number of nitro groups is 1. The summed E-state index contributed by atoms with van der Waals surface area (Å²) >= 11 is 4.92. The van der Waals surface area contributed by atoms with E-state index in [1.165, 1.54) is 6.08 Å². The molecule has 27 heavy (non-hydrogen) atoms. The van der Waals surface area contributed by atoms with Crippen molar-refractivity contribution in [2.24, 2.45) is 0 Å². The van der Waals surface area contributed by atoms with E-state index in [2.05, 4.69) is 11.9 Å². The zero-order chi connectivity index (χ0) is 20.4. The fraction of sp³-hybridized carbons (Fsp3) is 0.133. The minimum Gasteiger partial charge on any atom is -0.382 e. The maximum Gasteiger partial charge on any atom is 0.306 e. The molecule has 1 aromatic carbocycles. The number of amides is 2. The largest absolute Gasteiger partial charge is 0.382 e. The number of nitro benzene ring substituents is 1. The van der Waals surface area contributed by atoms with Crippen LogP contribution >= 0.6 is 12.2 Å². The minimum atomic E-state index is -3.96. The summed E-state index contributed by atoms with van der Waals surface area (Å²) in [7, 11) is -3.96. The van der Waals surface area contributed by atoms with Crippen LogP contribution in [0, 0.1) is 10.1 Å². The number of nitrogens with one attached hydrogen (secondary N) is 1. The Hall–Kier alpha value is -3.12. The predicted octanol–water partition coefficient (Wildman–Crippen LogP) is 0.746. The summed E-state index contributed by atoms with van der Waals surface area (Å²) < 4.78 is 27.6. The van der Waals surface area contributed by atoms with Crippen molar-refractivity contribution in [3.8, 4) is 5.75 Å². The van der Waals surface area contributed by atoms with Crippen LogP contribution in [-0.4, -0.2) is 48.0 Å². The molecule has 1 N–H and O–H groups in total. The molecule has 0 unspecified atom stereocenters. The van der Waals surface area contributed by atoms with E-state index >= 15 is 0 Å². The molecule has 1 aliphatic heterocycles. The molecule has 142 valence electrons. The first-order valence-corrected chi connectivity index (χ1v) is 9.43. The molecule has 2 amide bonds. The Morgan fingerprint density at radius 1 is 1.41 bits per heavy atom. The number of non-ortho nitro benzene ring substituents is 1. The molecule has 1 aromatic rings. The van der Waals surface area contributed by atoms with Crippen molar-refractivity contribution in [1.29, 1.82) is 0 Å². The van der Waals surface area contributed by atoms with Crippen LogP contribution in [0.2, 0.25) is 0 Å². The van der Waals surface area contributed by atoms with Crippen LogP contribution in [0.3, 0.4) is 0 Å². The molecule has 0 bridgehead atoms. The summed E-state index contributed by atoms with van der Waals surface area (Å²) in [5, 5.41) is 13.2. The molecule has 1 aliphatic rings. The highest BCUT2D eigenvalue weighted by Gasteiger charge is 2.33. The summed E-state index contributed by atoms with van der Waals surface area (Å²) in [6.45, 7) is 3.51. The first-order valence-electron chi connectivity index (χ1n) is 7.21. The second-order valence-electron chi connectivity index (χ2n) is 5.29. The number of carbonyl (C=O) groups is 2. The molecule has 1 fully saturated rings. The number of nitrogens with zero attached hydrogens (tertiary/aromatic N) is 2. The van der Waals surface area contributed by atoms with Crippen molar-refractivity contribution < 1.29 is 27.1 Å². The number of carbonyl (C=O) groups excluding carboxylic acids is 2. The smallest absolute Gasteiger partial charge is 0.306 e. The lowest BCUT2D eigenvalue weighted by Gasteiger charge is -2.27. The molecule has 0 spiro atoms. The van der Waals surface area contributed by atoms with Gasteiger partial charge in [-0.2, -0.15) is 8.42 Å². The van der Waals surface area contributed by atoms with Crippen molar-refractivity contribution in [2.45, 2.75) is 0 Å². The van der Waals surface area contributed by atoms with E-state index in [0.717, 1.165) is 35.4 Å².